The largest absolute Gasteiger partial charge is 0.495 e. The molecule has 1 aromatic carbocycles. The first-order valence-corrected chi connectivity index (χ1v) is 8.64. The summed E-state index contributed by atoms with van der Waals surface area (Å²) in [6.45, 7) is 5.75. The summed E-state index contributed by atoms with van der Waals surface area (Å²) in [5, 5.41) is 3.12. The zero-order valence-electron chi connectivity index (χ0n) is 13.1. The third kappa shape index (κ3) is 3.22. The summed E-state index contributed by atoms with van der Waals surface area (Å²) in [4.78, 5) is 0.306. The molecule has 21 heavy (non-hydrogen) atoms. The van der Waals surface area contributed by atoms with Gasteiger partial charge in [-0.25, -0.2) is 8.42 Å². The first-order valence-electron chi connectivity index (χ1n) is 7.20. The minimum Gasteiger partial charge on any atom is -0.495 e. The smallest absolute Gasteiger partial charge is 0.247 e. The molecule has 1 atom stereocenters. The van der Waals surface area contributed by atoms with Crippen molar-refractivity contribution in [2.24, 2.45) is 5.92 Å². The minimum absolute atomic E-state index is 0.306. The second-order valence-corrected chi connectivity index (χ2v) is 7.56. The lowest BCUT2D eigenvalue weighted by Gasteiger charge is -2.20. The lowest BCUT2D eigenvalue weighted by atomic mass is 10.1. The van der Waals surface area contributed by atoms with Crippen molar-refractivity contribution in [2.75, 3.05) is 33.8 Å². The third-order valence-corrected chi connectivity index (χ3v) is 5.99. The number of methoxy groups -OCH3 is 1. The Balaban J connectivity index is 2.37. The molecule has 0 aliphatic carbocycles. The second-order valence-electron chi connectivity index (χ2n) is 5.69. The second kappa shape index (κ2) is 6.34. The highest BCUT2D eigenvalue weighted by Crippen LogP contribution is 2.33. The summed E-state index contributed by atoms with van der Waals surface area (Å²) in [5.41, 5.74) is 1.74. The summed E-state index contributed by atoms with van der Waals surface area (Å²) in [6.07, 6.45) is 0.896. The summed E-state index contributed by atoms with van der Waals surface area (Å²) in [5.74, 6) is 0.811. The molecule has 0 spiro atoms. The fourth-order valence-corrected chi connectivity index (χ4v) is 4.87. The van der Waals surface area contributed by atoms with Crippen LogP contribution in [0, 0.1) is 19.8 Å². The number of nitrogens with one attached hydrogen (secondary N) is 1. The molecule has 0 aromatic heterocycles. The summed E-state index contributed by atoms with van der Waals surface area (Å²) >= 11 is 0. The Morgan fingerprint density at radius 1 is 1.38 bits per heavy atom. The number of hydrogen-bond donors (Lipinski definition) is 1. The predicted molar refractivity (Wildman–Crippen MR) is 83.3 cm³/mol. The summed E-state index contributed by atoms with van der Waals surface area (Å²) < 4.78 is 32.7. The molecule has 1 aliphatic heterocycles. The number of hydrogen-bond acceptors (Lipinski definition) is 4. The van der Waals surface area contributed by atoms with Crippen LogP contribution in [0.5, 0.6) is 5.75 Å². The van der Waals surface area contributed by atoms with E-state index in [-0.39, 0.29) is 0 Å². The number of rotatable bonds is 5. The zero-order valence-corrected chi connectivity index (χ0v) is 14.0. The molecule has 1 saturated heterocycles. The maximum absolute atomic E-state index is 12.9. The lowest BCUT2D eigenvalue weighted by Crippen LogP contribution is -2.31. The number of nitrogens with zero attached hydrogens (tertiary/aromatic N) is 1. The molecule has 5 nitrogen and oxygen atoms in total. The van der Waals surface area contributed by atoms with E-state index >= 15 is 0 Å². The van der Waals surface area contributed by atoms with Crippen molar-refractivity contribution in [3.05, 3.63) is 23.3 Å². The molecule has 1 aliphatic rings. The molecule has 6 heteroatoms. The van der Waals surface area contributed by atoms with Crippen LogP contribution in [0.3, 0.4) is 0 Å². The highest BCUT2D eigenvalue weighted by atomic mass is 32.2. The van der Waals surface area contributed by atoms with Gasteiger partial charge in [0.05, 0.1) is 7.11 Å². The van der Waals surface area contributed by atoms with Crippen LogP contribution in [-0.4, -0.2) is 46.5 Å². The average Bonchev–Trinajstić information content (AvgIpc) is 2.87. The number of benzene rings is 1. The monoisotopic (exact) mass is 312 g/mol. The topological polar surface area (TPSA) is 58.6 Å². The van der Waals surface area contributed by atoms with Crippen LogP contribution in [-0.2, 0) is 10.0 Å². The van der Waals surface area contributed by atoms with Gasteiger partial charge in [-0.05, 0) is 57.0 Å². The molecule has 1 fully saturated rings. The van der Waals surface area contributed by atoms with Gasteiger partial charge in [0.15, 0.2) is 0 Å². The van der Waals surface area contributed by atoms with Gasteiger partial charge in [-0.15, -0.1) is 0 Å². The van der Waals surface area contributed by atoms with Crippen LogP contribution in [0.1, 0.15) is 17.5 Å². The third-order valence-electron chi connectivity index (χ3n) is 3.94. The number of ether oxygens (including phenoxy) is 1. The van der Waals surface area contributed by atoms with Gasteiger partial charge in [-0.2, -0.15) is 4.31 Å². The van der Waals surface area contributed by atoms with Gasteiger partial charge in [-0.1, -0.05) is 6.07 Å². The van der Waals surface area contributed by atoms with E-state index in [4.69, 9.17) is 4.74 Å². The molecule has 2 rings (SSSR count). The van der Waals surface area contributed by atoms with Gasteiger partial charge in [0.1, 0.15) is 10.6 Å². The minimum atomic E-state index is -3.50. The van der Waals surface area contributed by atoms with Gasteiger partial charge in [0.25, 0.3) is 0 Å². The molecule has 0 radical (unpaired) electrons. The Hall–Kier alpha value is -1.11. The van der Waals surface area contributed by atoms with Crippen molar-refractivity contribution in [1.82, 2.24) is 9.62 Å². The lowest BCUT2D eigenvalue weighted by molar-refractivity contribution is 0.395. The van der Waals surface area contributed by atoms with Crippen LogP contribution >= 0.6 is 0 Å². The van der Waals surface area contributed by atoms with Crippen molar-refractivity contribution < 1.29 is 13.2 Å². The Morgan fingerprint density at radius 2 is 2.10 bits per heavy atom. The average molecular weight is 312 g/mol. The summed E-state index contributed by atoms with van der Waals surface area (Å²) in [6, 6.07) is 3.66. The van der Waals surface area contributed by atoms with Crippen molar-refractivity contribution >= 4 is 10.0 Å². The van der Waals surface area contributed by atoms with Gasteiger partial charge in [0.2, 0.25) is 10.0 Å². The zero-order chi connectivity index (χ0) is 15.6. The van der Waals surface area contributed by atoms with E-state index in [0.29, 0.717) is 29.7 Å². The van der Waals surface area contributed by atoms with Gasteiger partial charge in [0, 0.05) is 13.1 Å². The normalized spacial score (nSPS) is 19.9. The van der Waals surface area contributed by atoms with Gasteiger partial charge < -0.3 is 10.1 Å². The van der Waals surface area contributed by atoms with Crippen molar-refractivity contribution in [2.45, 2.75) is 25.2 Å². The molecule has 1 aromatic rings. The molecular formula is C15H24N2O3S. The predicted octanol–water partition coefficient (Wildman–Crippen LogP) is 1.54. The maximum atomic E-state index is 12.9. The van der Waals surface area contributed by atoms with Crippen LogP contribution in [0.2, 0.25) is 0 Å². The molecule has 118 valence electrons. The first-order chi connectivity index (χ1) is 9.90. The summed E-state index contributed by atoms with van der Waals surface area (Å²) in [7, 11) is -0.0915. The fourth-order valence-electron chi connectivity index (χ4n) is 3.00. The van der Waals surface area contributed by atoms with Crippen LogP contribution in [0.15, 0.2) is 17.0 Å². The van der Waals surface area contributed by atoms with E-state index in [1.807, 2.05) is 27.0 Å². The van der Waals surface area contributed by atoms with Gasteiger partial charge >= 0.3 is 0 Å². The van der Waals surface area contributed by atoms with E-state index in [9.17, 15) is 8.42 Å². The standard InChI is InChI=1S/C15H24N2O3S/c1-11-7-12(2)15(14(8-11)20-4)21(18,19)17-6-5-13(10-17)9-16-3/h7-8,13,16H,5-6,9-10H2,1-4H3. The SMILES string of the molecule is CNCC1CCN(S(=O)(=O)c2c(C)cc(C)cc2OC)C1. The van der Waals surface area contributed by atoms with Crippen LogP contribution in [0.25, 0.3) is 0 Å². The van der Waals surface area contributed by atoms with Crippen molar-refractivity contribution in [3.8, 4) is 5.75 Å². The highest BCUT2D eigenvalue weighted by molar-refractivity contribution is 7.89. The highest BCUT2D eigenvalue weighted by Gasteiger charge is 2.35. The number of aryl methyl sites for hydroxylation is 2. The maximum Gasteiger partial charge on any atom is 0.247 e. The Bertz CT molecular complexity index is 614. The van der Waals surface area contributed by atoms with Crippen LogP contribution in [0.4, 0.5) is 0 Å². The Kier molecular flexibility index (Phi) is 4.91. The Morgan fingerprint density at radius 3 is 2.71 bits per heavy atom. The van der Waals surface area contributed by atoms with E-state index in [2.05, 4.69) is 5.32 Å². The number of sulfonamides is 1. The van der Waals surface area contributed by atoms with E-state index in [1.54, 1.807) is 10.4 Å². The molecule has 1 N–H and O–H groups in total. The van der Waals surface area contributed by atoms with E-state index in [0.717, 1.165) is 24.1 Å². The fraction of sp³-hybridized carbons (Fsp3) is 0.600. The molecule has 1 unspecified atom stereocenters. The quantitative estimate of drug-likeness (QED) is 0.896. The van der Waals surface area contributed by atoms with Crippen LogP contribution < -0.4 is 10.1 Å². The Labute approximate surface area is 127 Å². The first kappa shape index (κ1) is 16.3. The molecule has 0 bridgehead atoms. The van der Waals surface area contributed by atoms with E-state index < -0.39 is 10.0 Å². The molecular weight excluding hydrogens is 288 g/mol. The van der Waals surface area contributed by atoms with Crippen molar-refractivity contribution in [1.29, 1.82) is 0 Å². The van der Waals surface area contributed by atoms with E-state index in [1.165, 1.54) is 7.11 Å². The van der Waals surface area contributed by atoms with Gasteiger partial charge in [-0.3, -0.25) is 0 Å². The van der Waals surface area contributed by atoms with Crippen molar-refractivity contribution in [3.63, 3.8) is 0 Å². The molecule has 0 saturated carbocycles. The molecule has 0 amide bonds. The molecule has 1 heterocycles.